The third-order valence-electron chi connectivity index (χ3n) is 1.73. The molecule has 1 rings (SSSR count). The van der Waals surface area contributed by atoms with Crippen molar-refractivity contribution in [2.24, 2.45) is 0 Å². The SMILES string of the molecule is C/C(=C/N(C)C)C(=O)c1cccnc1. The van der Waals surface area contributed by atoms with Crippen LogP contribution >= 0.6 is 0 Å². The Morgan fingerprint density at radius 1 is 1.50 bits per heavy atom. The molecule has 0 unspecified atom stereocenters. The van der Waals surface area contributed by atoms with Gasteiger partial charge < -0.3 is 4.90 Å². The fourth-order valence-electron chi connectivity index (χ4n) is 1.17. The Kier molecular flexibility index (Phi) is 3.40. The Morgan fingerprint density at radius 3 is 2.71 bits per heavy atom. The van der Waals surface area contributed by atoms with E-state index in [9.17, 15) is 4.79 Å². The van der Waals surface area contributed by atoms with E-state index in [1.165, 1.54) is 0 Å². The fourth-order valence-corrected chi connectivity index (χ4v) is 1.17. The molecule has 0 fully saturated rings. The molecule has 0 saturated carbocycles. The molecule has 0 bridgehead atoms. The summed E-state index contributed by atoms with van der Waals surface area (Å²) in [5, 5.41) is 0. The summed E-state index contributed by atoms with van der Waals surface area (Å²) in [6.07, 6.45) is 5.03. The second kappa shape index (κ2) is 4.56. The molecule has 3 heteroatoms. The minimum absolute atomic E-state index is 0.0202. The lowest BCUT2D eigenvalue weighted by Crippen LogP contribution is -2.07. The molecule has 0 amide bonds. The highest BCUT2D eigenvalue weighted by molar-refractivity contribution is 6.07. The molecule has 0 spiro atoms. The highest BCUT2D eigenvalue weighted by Gasteiger charge is 2.07. The summed E-state index contributed by atoms with van der Waals surface area (Å²) in [6, 6.07) is 3.53. The van der Waals surface area contributed by atoms with E-state index >= 15 is 0 Å². The number of carbonyl (C=O) groups excluding carboxylic acids is 1. The Balaban J connectivity index is 2.87. The first-order valence-electron chi connectivity index (χ1n) is 4.41. The van der Waals surface area contributed by atoms with E-state index in [0.29, 0.717) is 11.1 Å². The van der Waals surface area contributed by atoms with Gasteiger partial charge in [-0.1, -0.05) is 0 Å². The van der Waals surface area contributed by atoms with Crippen LogP contribution in [0, 0.1) is 0 Å². The summed E-state index contributed by atoms with van der Waals surface area (Å²) in [5.41, 5.74) is 1.34. The molecule has 0 aromatic carbocycles. The molecular formula is C11H14N2O. The van der Waals surface area contributed by atoms with Crippen molar-refractivity contribution in [2.45, 2.75) is 6.92 Å². The van der Waals surface area contributed by atoms with Gasteiger partial charge >= 0.3 is 0 Å². The third-order valence-corrected chi connectivity index (χ3v) is 1.73. The maximum atomic E-state index is 11.7. The van der Waals surface area contributed by atoms with E-state index < -0.39 is 0 Å². The minimum atomic E-state index is 0.0202. The minimum Gasteiger partial charge on any atom is -0.383 e. The molecule has 0 radical (unpaired) electrons. The van der Waals surface area contributed by atoms with Gasteiger partial charge in [0.1, 0.15) is 0 Å². The number of Topliss-reactive ketones (excluding diaryl/α,β-unsaturated/α-hetero) is 1. The second-order valence-corrected chi connectivity index (χ2v) is 3.35. The summed E-state index contributed by atoms with van der Waals surface area (Å²) < 4.78 is 0. The quantitative estimate of drug-likeness (QED) is 0.537. The highest BCUT2D eigenvalue weighted by atomic mass is 16.1. The van der Waals surface area contributed by atoms with Gasteiger partial charge in [0.2, 0.25) is 0 Å². The lowest BCUT2D eigenvalue weighted by atomic mass is 10.1. The first kappa shape index (κ1) is 10.4. The van der Waals surface area contributed by atoms with Crippen LogP contribution in [-0.4, -0.2) is 29.8 Å². The Bertz CT molecular complexity index is 342. The van der Waals surface area contributed by atoms with Crippen molar-refractivity contribution in [2.75, 3.05) is 14.1 Å². The molecule has 1 aromatic heterocycles. The predicted molar refractivity (Wildman–Crippen MR) is 56.0 cm³/mol. The largest absolute Gasteiger partial charge is 0.383 e. The van der Waals surface area contributed by atoms with Gasteiger partial charge in [0.15, 0.2) is 5.78 Å². The van der Waals surface area contributed by atoms with Gasteiger partial charge in [0.05, 0.1) is 0 Å². The zero-order chi connectivity index (χ0) is 10.6. The number of aromatic nitrogens is 1. The van der Waals surface area contributed by atoms with Gasteiger partial charge in [0, 0.05) is 43.8 Å². The molecule has 0 aliphatic rings. The van der Waals surface area contributed by atoms with Crippen LogP contribution in [0.1, 0.15) is 17.3 Å². The number of pyridine rings is 1. The Labute approximate surface area is 84.1 Å². The Morgan fingerprint density at radius 2 is 2.21 bits per heavy atom. The molecule has 0 atom stereocenters. The summed E-state index contributed by atoms with van der Waals surface area (Å²) in [5.74, 6) is 0.0202. The molecule has 1 aromatic rings. The number of hydrogen-bond donors (Lipinski definition) is 0. The standard InChI is InChI=1S/C11H14N2O/c1-9(8-13(2)3)11(14)10-5-4-6-12-7-10/h4-8H,1-3H3/b9-8-. The first-order chi connectivity index (χ1) is 6.61. The van der Waals surface area contributed by atoms with Crippen molar-refractivity contribution in [3.63, 3.8) is 0 Å². The average molecular weight is 190 g/mol. The zero-order valence-corrected chi connectivity index (χ0v) is 8.69. The number of hydrogen-bond acceptors (Lipinski definition) is 3. The van der Waals surface area contributed by atoms with Crippen molar-refractivity contribution >= 4 is 5.78 Å². The number of rotatable bonds is 3. The van der Waals surface area contributed by atoms with Crippen molar-refractivity contribution in [3.05, 3.63) is 41.9 Å². The maximum Gasteiger partial charge on any atom is 0.191 e. The Hall–Kier alpha value is -1.64. The second-order valence-electron chi connectivity index (χ2n) is 3.35. The van der Waals surface area contributed by atoms with Gasteiger partial charge in [-0.2, -0.15) is 0 Å². The summed E-state index contributed by atoms with van der Waals surface area (Å²) >= 11 is 0. The zero-order valence-electron chi connectivity index (χ0n) is 8.69. The first-order valence-corrected chi connectivity index (χ1v) is 4.41. The van der Waals surface area contributed by atoms with Crippen LogP contribution in [0.2, 0.25) is 0 Å². The van der Waals surface area contributed by atoms with Crippen LogP contribution < -0.4 is 0 Å². The van der Waals surface area contributed by atoms with Gasteiger partial charge in [-0.05, 0) is 19.1 Å². The van der Waals surface area contributed by atoms with Gasteiger partial charge in [0.25, 0.3) is 0 Å². The van der Waals surface area contributed by atoms with E-state index in [1.54, 1.807) is 37.7 Å². The predicted octanol–water partition coefficient (Wildman–Crippen LogP) is 1.73. The van der Waals surface area contributed by atoms with Gasteiger partial charge in [-0.15, -0.1) is 0 Å². The van der Waals surface area contributed by atoms with Crippen molar-refractivity contribution in [1.82, 2.24) is 9.88 Å². The van der Waals surface area contributed by atoms with E-state index in [-0.39, 0.29) is 5.78 Å². The van der Waals surface area contributed by atoms with Gasteiger partial charge in [-0.3, -0.25) is 9.78 Å². The molecule has 1 heterocycles. The van der Waals surface area contributed by atoms with Crippen LogP contribution in [0.4, 0.5) is 0 Å². The number of allylic oxidation sites excluding steroid dienone is 1. The van der Waals surface area contributed by atoms with Crippen LogP contribution in [0.5, 0.6) is 0 Å². The van der Waals surface area contributed by atoms with Crippen molar-refractivity contribution in [3.8, 4) is 0 Å². The van der Waals surface area contributed by atoms with E-state index in [4.69, 9.17) is 0 Å². The molecule has 0 aliphatic carbocycles. The molecule has 0 aliphatic heterocycles. The van der Waals surface area contributed by atoms with Crippen LogP contribution in [0.3, 0.4) is 0 Å². The normalized spacial score (nSPS) is 11.2. The summed E-state index contributed by atoms with van der Waals surface area (Å²) in [4.78, 5) is 17.5. The highest BCUT2D eigenvalue weighted by Crippen LogP contribution is 2.06. The van der Waals surface area contributed by atoms with E-state index in [0.717, 1.165) is 0 Å². The topological polar surface area (TPSA) is 33.2 Å². The fraction of sp³-hybridized carbons (Fsp3) is 0.273. The molecular weight excluding hydrogens is 176 g/mol. The molecule has 0 N–H and O–H groups in total. The molecule has 14 heavy (non-hydrogen) atoms. The van der Waals surface area contributed by atoms with Crippen molar-refractivity contribution < 1.29 is 4.79 Å². The summed E-state index contributed by atoms with van der Waals surface area (Å²) in [6.45, 7) is 1.80. The molecule has 3 nitrogen and oxygen atoms in total. The smallest absolute Gasteiger partial charge is 0.191 e. The van der Waals surface area contributed by atoms with Crippen LogP contribution in [0.15, 0.2) is 36.3 Å². The van der Waals surface area contributed by atoms with Crippen LogP contribution in [0.25, 0.3) is 0 Å². The molecule has 0 saturated heterocycles. The van der Waals surface area contributed by atoms with Crippen molar-refractivity contribution in [1.29, 1.82) is 0 Å². The average Bonchev–Trinajstić information content (AvgIpc) is 2.17. The lowest BCUT2D eigenvalue weighted by molar-refractivity contribution is 0.103. The van der Waals surface area contributed by atoms with E-state index in [2.05, 4.69) is 4.98 Å². The molecule has 74 valence electrons. The monoisotopic (exact) mass is 190 g/mol. The lowest BCUT2D eigenvalue weighted by Gasteiger charge is -2.07. The number of nitrogens with zero attached hydrogens (tertiary/aromatic N) is 2. The van der Waals surface area contributed by atoms with Crippen LogP contribution in [-0.2, 0) is 0 Å². The van der Waals surface area contributed by atoms with E-state index in [1.807, 2.05) is 19.0 Å². The maximum absolute atomic E-state index is 11.7. The number of carbonyl (C=O) groups is 1. The summed E-state index contributed by atoms with van der Waals surface area (Å²) in [7, 11) is 3.78. The number of ketones is 1. The van der Waals surface area contributed by atoms with Gasteiger partial charge in [-0.25, -0.2) is 0 Å². The third kappa shape index (κ3) is 2.69.